The summed E-state index contributed by atoms with van der Waals surface area (Å²) < 4.78 is 6.53. The van der Waals surface area contributed by atoms with Crippen LogP contribution in [0.25, 0.3) is 10.9 Å². The Morgan fingerprint density at radius 2 is 1.91 bits per heavy atom. The molecule has 5 heteroatoms. The summed E-state index contributed by atoms with van der Waals surface area (Å²) in [4.78, 5) is 20.6. The standard InChI is InChI=1S/C18H15BrN2O2/c1-2-12-3-5-13(6-4-12)17(22)10-23-18-15-9-14(19)7-8-16(15)20-11-21-18/h3-9,11H,2,10H2,1H3. The number of nitrogens with zero attached hydrogens (tertiary/aromatic N) is 2. The van der Waals surface area contributed by atoms with E-state index in [0.29, 0.717) is 11.4 Å². The molecule has 23 heavy (non-hydrogen) atoms. The first-order valence-corrected chi connectivity index (χ1v) is 8.12. The van der Waals surface area contributed by atoms with E-state index in [1.54, 1.807) is 0 Å². The molecule has 0 unspecified atom stereocenters. The molecule has 0 N–H and O–H groups in total. The molecule has 0 bridgehead atoms. The molecule has 0 aliphatic heterocycles. The van der Waals surface area contributed by atoms with Gasteiger partial charge in [-0.1, -0.05) is 47.1 Å². The average Bonchev–Trinajstić information content (AvgIpc) is 2.59. The Kier molecular flexibility index (Phi) is 4.67. The normalized spacial score (nSPS) is 10.7. The number of fused-ring (bicyclic) bond motifs is 1. The number of benzene rings is 2. The van der Waals surface area contributed by atoms with Crippen LogP contribution >= 0.6 is 15.9 Å². The number of aromatic nitrogens is 2. The number of halogens is 1. The lowest BCUT2D eigenvalue weighted by atomic mass is 10.1. The van der Waals surface area contributed by atoms with E-state index in [2.05, 4.69) is 32.8 Å². The molecule has 0 fully saturated rings. The Hall–Kier alpha value is -2.27. The van der Waals surface area contributed by atoms with Crippen molar-refractivity contribution in [1.82, 2.24) is 9.97 Å². The molecule has 3 aromatic rings. The Labute approximate surface area is 142 Å². The Morgan fingerprint density at radius 3 is 2.65 bits per heavy atom. The van der Waals surface area contributed by atoms with Gasteiger partial charge in [-0.2, -0.15) is 0 Å². The van der Waals surface area contributed by atoms with Crippen molar-refractivity contribution in [3.05, 3.63) is 64.4 Å². The predicted molar refractivity (Wildman–Crippen MR) is 92.9 cm³/mol. The molecule has 2 aromatic carbocycles. The Balaban J connectivity index is 1.77. The second kappa shape index (κ2) is 6.87. The molecular formula is C18H15BrN2O2. The molecule has 0 aliphatic rings. The van der Waals surface area contributed by atoms with Gasteiger partial charge >= 0.3 is 0 Å². The summed E-state index contributed by atoms with van der Waals surface area (Å²) in [6, 6.07) is 13.2. The van der Waals surface area contributed by atoms with Crippen molar-refractivity contribution >= 4 is 32.6 Å². The lowest BCUT2D eigenvalue weighted by Gasteiger charge is -2.08. The van der Waals surface area contributed by atoms with Crippen LogP contribution in [0.2, 0.25) is 0 Å². The molecule has 0 amide bonds. The third kappa shape index (κ3) is 3.56. The summed E-state index contributed by atoms with van der Waals surface area (Å²) in [5.41, 5.74) is 2.62. The van der Waals surface area contributed by atoms with Crippen molar-refractivity contribution in [1.29, 1.82) is 0 Å². The van der Waals surface area contributed by atoms with Gasteiger partial charge in [0.05, 0.1) is 10.9 Å². The molecule has 0 aliphatic carbocycles. The number of rotatable bonds is 5. The molecule has 0 spiro atoms. The van der Waals surface area contributed by atoms with E-state index in [1.165, 1.54) is 11.9 Å². The number of hydrogen-bond acceptors (Lipinski definition) is 4. The first-order chi connectivity index (χ1) is 11.2. The molecule has 0 atom stereocenters. The van der Waals surface area contributed by atoms with Crippen LogP contribution in [0.1, 0.15) is 22.8 Å². The highest BCUT2D eigenvalue weighted by atomic mass is 79.9. The van der Waals surface area contributed by atoms with Gasteiger partial charge in [-0.05, 0) is 30.2 Å². The van der Waals surface area contributed by atoms with E-state index >= 15 is 0 Å². The van der Waals surface area contributed by atoms with Crippen molar-refractivity contribution in [3.8, 4) is 5.88 Å². The van der Waals surface area contributed by atoms with Crippen LogP contribution < -0.4 is 4.74 Å². The van der Waals surface area contributed by atoms with Gasteiger partial charge < -0.3 is 4.74 Å². The van der Waals surface area contributed by atoms with Crippen molar-refractivity contribution in [2.24, 2.45) is 0 Å². The van der Waals surface area contributed by atoms with E-state index in [1.807, 2.05) is 42.5 Å². The van der Waals surface area contributed by atoms with Crippen molar-refractivity contribution < 1.29 is 9.53 Å². The molecule has 0 radical (unpaired) electrons. The molecule has 0 saturated heterocycles. The highest BCUT2D eigenvalue weighted by Gasteiger charge is 2.10. The highest BCUT2D eigenvalue weighted by molar-refractivity contribution is 9.10. The zero-order chi connectivity index (χ0) is 16.2. The van der Waals surface area contributed by atoms with Crippen LogP contribution in [0.4, 0.5) is 0 Å². The molecule has 116 valence electrons. The average molecular weight is 371 g/mol. The maximum atomic E-state index is 12.2. The van der Waals surface area contributed by atoms with E-state index in [4.69, 9.17) is 4.74 Å². The summed E-state index contributed by atoms with van der Waals surface area (Å²) in [5.74, 6) is 0.337. The number of ketones is 1. The lowest BCUT2D eigenvalue weighted by molar-refractivity contribution is 0.0919. The number of carbonyl (C=O) groups is 1. The van der Waals surface area contributed by atoms with Gasteiger partial charge in [0.15, 0.2) is 12.4 Å². The molecule has 4 nitrogen and oxygen atoms in total. The smallest absolute Gasteiger partial charge is 0.224 e. The van der Waals surface area contributed by atoms with Crippen molar-refractivity contribution in [2.75, 3.05) is 6.61 Å². The summed E-state index contributed by atoms with van der Waals surface area (Å²) >= 11 is 3.42. The Morgan fingerprint density at radius 1 is 1.13 bits per heavy atom. The fourth-order valence-corrected chi connectivity index (χ4v) is 2.62. The van der Waals surface area contributed by atoms with E-state index in [9.17, 15) is 4.79 Å². The van der Waals surface area contributed by atoms with Crippen LogP contribution in [0, 0.1) is 0 Å². The molecule has 1 heterocycles. The minimum atomic E-state index is -0.0746. The van der Waals surface area contributed by atoms with Crippen LogP contribution in [0.15, 0.2) is 53.3 Å². The zero-order valence-electron chi connectivity index (χ0n) is 12.6. The second-order valence-electron chi connectivity index (χ2n) is 5.10. The minimum Gasteiger partial charge on any atom is -0.469 e. The van der Waals surface area contributed by atoms with Crippen molar-refractivity contribution in [2.45, 2.75) is 13.3 Å². The quantitative estimate of drug-likeness (QED) is 0.631. The molecule has 0 saturated carbocycles. The van der Waals surface area contributed by atoms with E-state index < -0.39 is 0 Å². The van der Waals surface area contributed by atoms with Crippen molar-refractivity contribution in [3.63, 3.8) is 0 Å². The van der Waals surface area contributed by atoms with Gasteiger partial charge in [0.1, 0.15) is 6.33 Å². The molecular weight excluding hydrogens is 356 g/mol. The number of ether oxygens (including phenoxy) is 1. The Bertz CT molecular complexity index is 847. The first-order valence-electron chi connectivity index (χ1n) is 7.32. The number of Topliss-reactive ketones (excluding diaryl/α,β-unsaturated/α-hetero) is 1. The third-order valence-electron chi connectivity index (χ3n) is 3.58. The van der Waals surface area contributed by atoms with Crippen LogP contribution in [0.5, 0.6) is 5.88 Å². The maximum absolute atomic E-state index is 12.2. The van der Waals surface area contributed by atoms with Gasteiger partial charge in [-0.15, -0.1) is 0 Å². The van der Waals surface area contributed by atoms with Gasteiger partial charge in [-0.25, -0.2) is 9.97 Å². The van der Waals surface area contributed by atoms with Gasteiger partial charge in [0.2, 0.25) is 5.88 Å². The fraction of sp³-hybridized carbons (Fsp3) is 0.167. The predicted octanol–water partition coefficient (Wildman–Crippen LogP) is 4.22. The number of hydrogen-bond donors (Lipinski definition) is 0. The summed E-state index contributed by atoms with van der Waals surface area (Å²) in [6.07, 6.45) is 2.39. The van der Waals surface area contributed by atoms with Crippen LogP contribution in [-0.4, -0.2) is 22.4 Å². The monoisotopic (exact) mass is 370 g/mol. The van der Waals surface area contributed by atoms with E-state index in [0.717, 1.165) is 21.8 Å². The van der Waals surface area contributed by atoms with Crippen LogP contribution in [0.3, 0.4) is 0 Å². The SMILES string of the molecule is CCc1ccc(C(=O)COc2ncnc3ccc(Br)cc23)cc1. The fourth-order valence-electron chi connectivity index (χ4n) is 2.26. The topological polar surface area (TPSA) is 52.1 Å². The maximum Gasteiger partial charge on any atom is 0.224 e. The van der Waals surface area contributed by atoms with Gasteiger partial charge in [0, 0.05) is 10.0 Å². The third-order valence-corrected chi connectivity index (χ3v) is 4.08. The van der Waals surface area contributed by atoms with Gasteiger partial charge in [0.25, 0.3) is 0 Å². The minimum absolute atomic E-state index is 0.0515. The summed E-state index contributed by atoms with van der Waals surface area (Å²) in [6.45, 7) is 2.03. The second-order valence-corrected chi connectivity index (χ2v) is 6.02. The summed E-state index contributed by atoms with van der Waals surface area (Å²) in [7, 11) is 0. The molecule has 3 rings (SSSR count). The highest BCUT2D eigenvalue weighted by Crippen LogP contribution is 2.25. The zero-order valence-corrected chi connectivity index (χ0v) is 14.2. The van der Waals surface area contributed by atoms with Crippen LogP contribution in [-0.2, 0) is 6.42 Å². The largest absolute Gasteiger partial charge is 0.469 e. The number of carbonyl (C=O) groups excluding carboxylic acids is 1. The number of aryl methyl sites for hydroxylation is 1. The lowest BCUT2D eigenvalue weighted by Crippen LogP contribution is -2.12. The first kappa shape index (κ1) is 15.6. The summed E-state index contributed by atoms with van der Waals surface area (Å²) in [5, 5.41) is 0.774. The molecule has 1 aromatic heterocycles. The van der Waals surface area contributed by atoms with E-state index in [-0.39, 0.29) is 12.4 Å². The van der Waals surface area contributed by atoms with Gasteiger partial charge in [-0.3, -0.25) is 4.79 Å².